The van der Waals surface area contributed by atoms with Crippen LogP contribution in [0.15, 0.2) is 36.5 Å². The average Bonchev–Trinajstić information content (AvgIpc) is 2.15. The second-order valence-corrected chi connectivity index (χ2v) is 4.71. The highest BCUT2D eigenvalue weighted by atomic mass is 28.2. The van der Waals surface area contributed by atoms with Crippen LogP contribution in [0, 0.1) is 0 Å². The first-order valence-corrected chi connectivity index (χ1v) is 6.24. The summed E-state index contributed by atoms with van der Waals surface area (Å²) in [6.07, 6.45) is 0. The van der Waals surface area contributed by atoms with Crippen LogP contribution < -0.4 is 10.5 Å². The third-order valence-corrected chi connectivity index (χ3v) is 2.81. The lowest BCUT2D eigenvalue weighted by molar-refractivity contribution is 0.340. The zero-order valence-electron chi connectivity index (χ0n) is 7.70. The molecule has 0 unspecified atom stereocenters. The van der Waals surface area contributed by atoms with Crippen molar-refractivity contribution in [2.24, 2.45) is 0 Å². The molecule has 13 heavy (non-hydrogen) atoms. The van der Waals surface area contributed by atoms with Gasteiger partial charge >= 0.3 is 0 Å². The van der Waals surface area contributed by atoms with Gasteiger partial charge in [-0.05, 0) is 30.3 Å². The van der Waals surface area contributed by atoms with Gasteiger partial charge in [0.05, 0.1) is 6.61 Å². The van der Waals surface area contributed by atoms with E-state index in [1.807, 2.05) is 30.0 Å². The summed E-state index contributed by atoms with van der Waals surface area (Å²) in [6, 6.07) is 8.63. The van der Waals surface area contributed by atoms with Crippen molar-refractivity contribution in [1.82, 2.24) is 0 Å². The standard InChI is InChI=1S/C10H15NOSi/c1-2-13-8-7-12-10-5-3-9(11)4-6-10/h2-6H,1,7-8,11,13H2. The Labute approximate surface area is 81.2 Å². The smallest absolute Gasteiger partial charge is 0.119 e. The molecule has 1 aromatic carbocycles. The van der Waals surface area contributed by atoms with E-state index in [0.717, 1.165) is 24.1 Å². The number of anilines is 1. The van der Waals surface area contributed by atoms with Gasteiger partial charge in [0.25, 0.3) is 0 Å². The normalized spacial score (nSPS) is 10.5. The molecule has 0 atom stereocenters. The Bertz CT molecular complexity index is 258. The van der Waals surface area contributed by atoms with Crippen molar-refractivity contribution in [3.63, 3.8) is 0 Å². The maximum Gasteiger partial charge on any atom is 0.119 e. The minimum absolute atomic E-state index is 0.0878. The first kappa shape index (κ1) is 9.86. The molecule has 2 nitrogen and oxygen atoms in total. The van der Waals surface area contributed by atoms with Crippen LogP contribution in [0.5, 0.6) is 5.75 Å². The molecule has 0 radical (unpaired) electrons. The fourth-order valence-electron chi connectivity index (χ4n) is 0.982. The molecule has 2 N–H and O–H groups in total. The Morgan fingerprint density at radius 2 is 2.08 bits per heavy atom. The van der Waals surface area contributed by atoms with Gasteiger partial charge in [0.1, 0.15) is 5.75 Å². The Hall–Kier alpha value is -1.22. The van der Waals surface area contributed by atoms with E-state index in [2.05, 4.69) is 6.58 Å². The fourth-order valence-corrected chi connectivity index (χ4v) is 1.58. The maximum absolute atomic E-state index is 5.54. The van der Waals surface area contributed by atoms with Crippen molar-refractivity contribution in [3.05, 3.63) is 36.5 Å². The molecule has 3 heteroatoms. The Morgan fingerprint density at radius 1 is 1.38 bits per heavy atom. The summed E-state index contributed by atoms with van der Waals surface area (Å²) in [5.74, 6) is 0.896. The molecular weight excluding hydrogens is 178 g/mol. The first-order valence-electron chi connectivity index (χ1n) is 4.42. The predicted molar refractivity (Wildman–Crippen MR) is 59.9 cm³/mol. The number of hydrogen-bond acceptors (Lipinski definition) is 2. The molecule has 0 saturated heterocycles. The van der Waals surface area contributed by atoms with Crippen LogP contribution in [-0.4, -0.2) is 16.1 Å². The number of nitrogens with two attached hydrogens (primary N) is 1. The molecule has 0 bridgehead atoms. The van der Waals surface area contributed by atoms with Crippen LogP contribution >= 0.6 is 0 Å². The van der Waals surface area contributed by atoms with Crippen LogP contribution in [0.4, 0.5) is 5.69 Å². The van der Waals surface area contributed by atoms with Gasteiger partial charge in [-0.2, -0.15) is 0 Å². The third-order valence-electron chi connectivity index (χ3n) is 1.70. The van der Waals surface area contributed by atoms with E-state index in [0.29, 0.717) is 0 Å². The molecule has 0 aromatic heterocycles. The molecule has 1 rings (SSSR count). The van der Waals surface area contributed by atoms with Gasteiger partial charge in [-0.15, -0.1) is 12.3 Å². The zero-order valence-corrected chi connectivity index (χ0v) is 9.11. The summed E-state index contributed by atoms with van der Waals surface area (Å²) in [5, 5.41) is 0. The SMILES string of the molecule is C=C[SiH2]CCOc1ccc(N)cc1. The van der Waals surface area contributed by atoms with Crippen molar-refractivity contribution in [2.45, 2.75) is 6.04 Å². The summed E-state index contributed by atoms with van der Waals surface area (Å²) in [4.78, 5) is 0. The zero-order chi connectivity index (χ0) is 9.52. The summed E-state index contributed by atoms with van der Waals surface area (Å²) >= 11 is 0. The number of ether oxygens (including phenoxy) is 1. The molecule has 0 aliphatic carbocycles. The fraction of sp³-hybridized carbons (Fsp3) is 0.200. The number of rotatable bonds is 5. The van der Waals surface area contributed by atoms with Crippen molar-refractivity contribution < 1.29 is 4.74 Å². The van der Waals surface area contributed by atoms with Gasteiger partial charge in [-0.1, -0.05) is 0 Å². The summed E-state index contributed by atoms with van der Waals surface area (Å²) in [6.45, 7) is 4.50. The highest BCUT2D eigenvalue weighted by Crippen LogP contribution is 2.12. The van der Waals surface area contributed by atoms with E-state index in [1.165, 1.54) is 0 Å². The summed E-state index contributed by atoms with van der Waals surface area (Å²) in [7, 11) is -0.0878. The van der Waals surface area contributed by atoms with Crippen molar-refractivity contribution in [2.75, 3.05) is 12.3 Å². The van der Waals surface area contributed by atoms with E-state index in [1.54, 1.807) is 0 Å². The second-order valence-electron chi connectivity index (χ2n) is 2.85. The van der Waals surface area contributed by atoms with Crippen LogP contribution in [0.25, 0.3) is 0 Å². The van der Waals surface area contributed by atoms with Crippen molar-refractivity contribution in [1.29, 1.82) is 0 Å². The van der Waals surface area contributed by atoms with Gasteiger partial charge in [-0.25, -0.2) is 0 Å². The molecule has 0 amide bonds. The summed E-state index contributed by atoms with van der Waals surface area (Å²) in [5.41, 5.74) is 8.35. The Balaban J connectivity index is 2.28. The molecule has 0 fully saturated rings. The molecule has 0 spiro atoms. The van der Waals surface area contributed by atoms with Crippen LogP contribution in [0.1, 0.15) is 0 Å². The quantitative estimate of drug-likeness (QED) is 0.435. The number of nitrogen functional groups attached to an aromatic ring is 1. The van der Waals surface area contributed by atoms with Gasteiger partial charge in [0.15, 0.2) is 0 Å². The highest BCUT2D eigenvalue weighted by molar-refractivity contribution is 6.41. The van der Waals surface area contributed by atoms with E-state index < -0.39 is 0 Å². The first-order chi connectivity index (χ1) is 6.33. The van der Waals surface area contributed by atoms with Crippen molar-refractivity contribution in [3.8, 4) is 5.75 Å². The average molecular weight is 193 g/mol. The Morgan fingerprint density at radius 3 is 2.69 bits per heavy atom. The van der Waals surface area contributed by atoms with Crippen LogP contribution in [0.3, 0.4) is 0 Å². The van der Waals surface area contributed by atoms with E-state index in [-0.39, 0.29) is 9.52 Å². The lowest BCUT2D eigenvalue weighted by atomic mass is 10.3. The molecule has 0 aliphatic rings. The predicted octanol–water partition coefficient (Wildman–Crippen LogP) is 1.38. The molecule has 70 valence electrons. The second kappa shape index (κ2) is 5.43. The van der Waals surface area contributed by atoms with E-state index >= 15 is 0 Å². The molecule has 1 aromatic rings. The largest absolute Gasteiger partial charge is 0.494 e. The van der Waals surface area contributed by atoms with E-state index in [4.69, 9.17) is 10.5 Å². The topological polar surface area (TPSA) is 35.2 Å². The minimum Gasteiger partial charge on any atom is -0.494 e. The van der Waals surface area contributed by atoms with Gasteiger partial charge in [0, 0.05) is 15.2 Å². The lowest BCUT2D eigenvalue weighted by Crippen LogP contribution is -1.99. The minimum atomic E-state index is -0.0878. The van der Waals surface area contributed by atoms with E-state index in [9.17, 15) is 0 Å². The highest BCUT2D eigenvalue weighted by Gasteiger charge is 1.91. The van der Waals surface area contributed by atoms with Gasteiger partial charge < -0.3 is 10.5 Å². The number of benzene rings is 1. The summed E-state index contributed by atoms with van der Waals surface area (Å²) < 4.78 is 5.49. The van der Waals surface area contributed by atoms with Crippen LogP contribution in [-0.2, 0) is 0 Å². The number of hydrogen-bond donors (Lipinski definition) is 1. The van der Waals surface area contributed by atoms with Gasteiger partial charge in [-0.3, -0.25) is 0 Å². The monoisotopic (exact) mass is 193 g/mol. The van der Waals surface area contributed by atoms with Crippen molar-refractivity contribution >= 4 is 15.2 Å². The maximum atomic E-state index is 5.54. The van der Waals surface area contributed by atoms with Gasteiger partial charge in [0.2, 0.25) is 0 Å². The van der Waals surface area contributed by atoms with Crippen LogP contribution in [0.2, 0.25) is 6.04 Å². The molecule has 0 aliphatic heterocycles. The molecule has 0 heterocycles. The molecule has 0 saturated carbocycles. The lowest BCUT2D eigenvalue weighted by Gasteiger charge is -2.04. The third kappa shape index (κ3) is 3.80. The Kier molecular flexibility index (Phi) is 4.12. The molecular formula is C10H15NOSi.